The van der Waals surface area contributed by atoms with Crippen molar-refractivity contribution in [3.8, 4) is 11.5 Å². The lowest BCUT2D eigenvalue weighted by Crippen LogP contribution is -2.03. The van der Waals surface area contributed by atoms with Crippen LogP contribution in [-0.2, 0) is 0 Å². The molecular weight excluding hydrogens is 284 g/mol. The minimum Gasteiger partial charge on any atom is -0.497 e. The van der Waals surface area contributed by atoms with E-state index in [1.54, 1.807) is 14.2 Å². The minimum absolute atomic E-state index is 0.781. The highest BCUT2D eigenvalue weighted by atomic mass is 16.5. The van der Waals surface area contributed by atoms with E-state index in [4.69, 9.17) is 9.47 Å². The van der Waals surface area contributed by atoms with Gasteiger partial charge in [0.2, 0.25) is 0 Å². The molecule has 3 rings (SSSR count). The molecule has 2 heteroatoms. The number of methoxy groups -OCH3 is 2. The Morgan fingerprint density at radius 3 is 1.39 bits per heavy atom. The molecule has 0 unspecified atom stereocenters. The predicted molar refractivity (Wildman–Crippen MR) is 93.4 cm³/mol. The van der Waals surface area contributed by atoms with Gasteiger partial charge in [-0.2, -0.15) is 0 Å². The Hall–Kier alpha value is -2.74. The first-order valence-corrected chi connectivity index (χ1v) is 7.53. The fraction of sp³-hybridized carbons (Fsp3) is 0.143. The third-order valence-corrected chi connectivity index (χ3v) is 3.82. The van der Waals surface area contributed by atoms with E-state index in [1.165, 1.54) is 0 Å². The maximum absolute atomic E-state index is 9.32. The molecule has 3 aromatic rings. The molecule has 0 heterocycles. The van der Waals surface area contributed by atoms with Crippen LogP contribution >= 0.6 is 0 Å². The first-order valence-electron chi connectivity index (χ1n) is 8.03. The smallest absolute Gasteiger partial charge is 0.118 e. The molecule has 0 saturated carbocycles. The summed E-state index contributed by atoms with van der Waals surface area (Å²) in [6.07, 6.45) is 0. The minimum atomic E-state index is -1.00. The molecule has 116 valence electrons. The fourth-order valence-electron chi connectivity index (χ4n) is 2.62. The second-order valence-electron chi connectivity index (χ2n) is 5.20. The number of ether oxygens (including phenoxy) is 2. The molecule has 0 radical (unpaired) electrons. The molecule has 0 aliphatic rings. The second-order valence-corrected chi connectivity index (χ2v) is 5.20. The van der Waals surface area contributed by atoms with E-state index in [2.05, 4.69) is 0 Å². The Kier molecular flexibility index (Phi) is 4.24. The average molecular weight is 306 g/mol. The van der Waals surface area contributed by atoms with E-state index in [0.717, 1.165) is 28.2 Å². The number of hydrogen-bond donors (Lipinski definition) is 0. The van der Waals surface area contributed by atoms with Crippen LogP contribution in [0, 0.1) is 0 Å². The zero-order chi connectivity index (χ0) is 17.0. The van der Waals surface area contributed by atoms with Crippen molar-refractivity contribution in [2.24, 2.45) is 0 Å². The first-order chi connectivity index (χ1) is 11.7. The van der Waals surface area contributed by atoms with E-state index in [1.807, 2.05) is 78.9 Å². The summed E-state index contributed by atoms with van der Waals surface area (Å²) >= 11 is 0. The van der Waals surface area contributed by atoms with Gasteiger partial charge < -0.3 is 9.47 Å². The Morgan fingerprint density at radius 1 is 0.609 bits per heavy atom. The van der Waals surface area contributed by atoms with Crippen molar-refractivity contribution in [2.45, 2.75) is 5.89 Å². The van der Waals surface area contributed by atoms with Crippen LogP contribution < -0.4 is 9.47 Å². The second kappa shape index (κ2) is 7.01. The summed E-state index contributed by atoms with van der Waals surface area (Å²) < 4.78 is 19.8. The van der Waals surface area contributed by atoms with E-state index in [-0.39, 0.29) is 0 Å². The summed E-state index contributed by atoms with van der Waals surface area (Å²) in [4.78, 5) is 0. The summed E-state index contributed by atoms with van der Waals surface area (Å²) in [6.45, 7) is 0. The summed E-state index contributed by atoms with van der Waals surface area (Å²) in [7, 11) is 3.28. The summed E-state index contributed by atoms with van der Waals surface area (Å²) in [5.41, 5.74) is 2.69. The first kappa shape index (κ1) is 13.9. The average Bonchev–Trinajstić information content (AvgIpc) is 2.68. The Morgan fingerprint density at radius 2 is 1.00 bits per heavy atom. The normalized spacial score (nSPS) is 11.7. The van der Waals surface area contributed by atoms with Gasteiger partial charge in [0.1, 0.15) is 11.5 Å². The molecule has 0 amide bonds. The van der Waals surface area contributed by atoms with Gasteiger partial charge in [0.15, 0.2) is 0 Å². The van der Waals surface area contributed by atoms with Crippen molar-refractivity contribution in [3.63, 3.8) is 0 Å². The van der Waals surface area contributed by atoms with E-state index in [9.17, 15) is 1.37 Å². The van der Waals surface area contributed by atoms with Crippen LogP contribution in [0.5, 0.6) is 11.5 Å². The highest BCUT2D eigenvalue weighted by Gasteiger charge is 2.16. The molecule has 0 aliphatic heterocycles. The Balaban J connectivity index is 2.16. The highest BCUT2D eigenvalue weighted by molar-refractivity contribution is 5.45. The van der Waals surface area contributed by atoms with Gasteiger partial charge in [0.05, 0.1) is 14.2 Å². The maximum atomic E-state index is 9.32. The molecule has 23 heavy (non-hydrogen) atoms. The van der Waals surface area contributed by atoms with Crippen molar-refractivity contribution in [3.05, 3.63) is 95.6 Å². The molecule has 0 spiro atoms. The third kappa shape index (κ3) is 3.37. The molecule has 3 aromatic carbocycles. The van der Waals surface area contributed by atoms with Crippen molar-refractivity contribution in [1.82, 2.24) is 0 Å². The van der Waals surface area contributed by atoms with Crippen LogP contribution in [0.15, 0.2) is 78.9 Å². The lowest BCUT2D eigenvalue weighted by molar-refractivity contribution is 0.414. The standard InChI is InChI=1S/C21H20O2/c1-22-19-12-8-17(9-13-19)21(16-6-4-3-5-7-16)18-10-14-20(23-2)15-11-18/h3-15,21H,1-2H3/i21T. The lowest BCUT2D eigenvalue weighted by Gasteiger charge is -2.19. The highest BCUT2D eigenvalue weighted by Crippen LogP contribution is 2.33. The topological polar surface area (TPSA) is 18.5 Å². The molecule has 0 N–H and O–H groups in total. The van der Waals surface area contributed by atoms with E-state index >= 15 is 0 Å². The van der Waals surface area contributed by atoms with Crippen LogP contribution in [0.3, 0.4) is 0 Å². The fourth-order valence-corrected chi connectivity index (χ4v) is 2.62. The van der Waals surface area contributed by atoms with E-state index < -0.39 is 5.89 Å². The van der Waals surface area contributed by atoms with Gasteiger partial charge in [0, 0.05) is 7.26 Å². The van der Waals surface area contributed by atoms with Crippen molar-refractivity contribution in [2.75, 3.05) is 14.2 Å². The zero-order valence-corrected chi connectivity index (χ0v) is 13.3. The van der Waals surface area contributed by atoms with Gasteiger partial charge in [0.25, 0.3) is 0 Å². The summed E-state index contributed by atoms with van der Waals surface area (Å²) in [5, 5.41) is 0. The van der Waals surface area contributed by atoms with Gasteiger partial charge in [-0.15, -0.1) is 0 Å². The van der Waals surface area contributed by atoms with Crippen molar-refractivity contribution >= 4 is 0 Å². The SMILES string of the molecule is [3H]C(c1ccccc1)(c1ccc(OC)cc1)c1ccc(OC)cc1. The maximum Gasteiger partial charge on any atom is 0.118 e. The number of hydrogen-bond acceptors (Lipinski definition) is 2. The lowest BCUT2D eigenvalue weighted by atomic mass is 9.85. The predicted octanol–water partition coefficient (Wildman–Crippen LogP) is 4.88. The number of benzene rings is 3. The van der Waals surface area contributed by atoms with Gasteiger partial charge in [-0.05, 0) is 41.0 Å². The van der Waals surface area contributed by atoms with Crippen LogP contribution in [0.4, 0.5) is 0 Å². The summed E-state index contributed by atoms with van der Waals surface area (Å²) in [6, 6.07) is 25.2. The Bertz CT molecular complexity index is 733. The molecule has 0 bridgehead atoms. The molecule has 0 aromatic heterocycles. The van der Waals surface area contributed by atoms with Gasteiger partial charge in [-0.1, -0.05) is 54.6 Å². The number of rotatable bonds is 5. The summed E-state index contributed by atoms with van der Waals surface area (Å²) in [5.74, 6) is 0.563. The van der Waals surface area contributed by atoms with Crippen LogP contribution in [0.2, 0.25) is 0 Å². The van der Waals surface area contributed by atoms with Crippen molar-refractivity contribution in [1.29, 1.82) is 0 Å². The molecule has 2 nitrogen and oxygen atoms in total. The van der Waals surface area contributed by atoms with Gasteiger partial charge in [-0.3, -0.25) is 0 Å². The van der Waals surface area contributed by atoms with Crippen molar-refractivity contribution < 1.29 is 10.8 Å². The van der Waals surface area contributed by atoms with Gasteiger partial charge >= 0.3 is 0 Å². The van der Waals surface area contributed by atoms with Crippen LogP contribution in [-0.4, -0.2) is 14.2 Å². The largest absolute Gasteiger partial charge is 0.497 e. The molecule has 0 aliphatic carbocycles. The quantitative estimate of drug-likeness (QED) is 0.625. The molecule has 0 fully saturated rings. The Labute approximate surface area is 138 Å². The molecular formula is C21H20O2. The van der Waals surface area contributed by atoms with Crippen LogP contribution in [0.25, 0.3) is 0 Å². The third-order valence-electron chi connectivity index (χ3n) is 3.82. The molecule has 0 atom stereocenters. The molecule has 0 saturated heterocycles. The van der Waals surface area contributed by atoms with Crippen LogP contribution in [0.1, 0.15) is 24.0 Å². The van der Waals surface area contributed by atoms with E-state index in [0.29, 0.717) is 0 Å². The monoisotopic (exact) mass is 306 g/mol. The van der Waals surface area contributed by atoms with Gasteiger partial charge in [-0.25, -0.2) is 0 Å². The zero-order valence-electron chi connectivity index (χ0n) is 14.3.